The second kappa shape index (κ2) is 8.06. The summed E-state index contributed by atoms with van der Waals surface area (Å²) in [4.78, 5) is 2.36. The van der Waals surface area contributed by atoms with Crippen LogP contribution in [0.2, 0.25) is 0 Å². The highest BCUT2D eigenvalue weighted by Gasteiger charge is 2.17. The Hall–Kier alpha value is -0.120. The highest BCUT2D eigenvalue weighted by atomic mass is 16.5. The van der Waals surface area contributed by atoms with Crippen LogP contribution in [0.3, 0.4) is 0 Å². The highest BCUT2D eigenvalue weighted by Crippen LogP contribution is 2.23. The van der Waals surface area contributed by atoms with Gasteiger partial charge in [0, 0.05) is 32.3 Å². The lowest BCUT2D eigenvalue weighted by Gasteiger charge is -2.29. The first kappa shape index (κ1) is 14.9. The van der Waals surface area contributed by atoms with Gasteiger partial charge >= 0.3 is 0 Å². The molecule has 17 heavy (non-hydrogen) atoms. The molecule has 0 heterocycles. The maximum Gasteiger partial charge on any atom is 0.0615 e. The molecule has 102 valence electrons. The van der Waals surface area contributed by atoms with E-state index >= 15 is 0 Å². The van der Waals surface area contributed by atoms with Gasteiger partial charge in [-0.05, 0) is 45.6 Å². The van der Waals surface area contributed by atoms with Crippen molar-refractivity contribution in [3.8, 4) is 0 Å². The first-order chi connectivity index (χ1) is 8.13. The third-order valence-electron chi connectivity index (χ3n) is 4.07. The van der Waals surface area contributed by atoms with Gasteiger partial charge in [-0.2, -0.15) is 0 Å². The molecule has 1 fully saturated rings. The normalized spacial score (nSPS) is 27.4. The molecule has 1 N–H and O–H groups in total. The summed E-state index contributed by atoms with van der Waals surface area (Å²) in [5.41, 5.74) is 0. The quantitative estimate of drug-likeness (QED) is 0.740. The Morgan fingerprint density at radius 3 is 2.53 bits per heavy atom. The van der Waals surface area contributed by atoms with Crippen LogP contribution < -0.4 is 5.32 Å². The molecule has 3 heteroatoms. The van der Waals surface area contributed by atoms with Gasteiger partial charge in [-0.3, -0.25) is 0 Å². The Morgan fingerprint density at radius 2 is 1.94 bits per heavy atom. The minimum atomic E-state index is 0.508. The van der Waals surface area contributed by atoms with Gasteiger partial charge in [-0.25, -0.2) is 0 Å². The van der Waals surface area contributed by atoms with Gasteiger partial charge in [-0.15, -0.1) is 0 Å². The lowest BCUT2D eigenvalue weighted by Crippen LogP contribution is -2.41. The molecule has 0 amide bonds. The summed E-state index contributed by atoms with van der Waals surface area (Å²) in [7, 11) is 3.94. The third-order valence-corrected chi connectivity index (χ3v) is 4.07. The van der Waals surface area contributed by atoms with Gasteiger partial charge < -0.3 is 15.0 Å². The van der Waals surface area contributed by atoms with Gasteiger partial charge in [-0.1, -0.05) is 6.92 Å². The zero-order valence-electron chi connectivity index (χ0n) is 12.0. The molecule has 1 atom stereocenters. The monoisotopic (exact) mass is 242 g/mol. The molecule has 0 aromatic heterocycles. The van der Waals surface area contributed by atoms with Crippen LogP contribution in [-0.4, -0.2) is 50.8 Å². The standard InChI is InChI=1S/C14H30N2O/c1-12-5-7-14(8-6-12)15-9-10-16(3)13(2)11-17-4/h12-15H,5-11H2,1-4H3. The van der Waals surface area contributed by atoms with Crippen LogP contribution >= 0.6 is 0 Å². The lowest BCUT2D eigenvalue weighted by atomic mass is 9.87. The Kier molecular flexibility index (Phi) is 7.09. The predicted octanol–water partition coefficient (Wildman–Crippen LogP) is 2.12. The zero-order valence-corrected chi connectivity index (χ0v) is 12.0. The molecule has 1 unspecified atom stereocenters. The van der Waals surface area contributed by atoms with E-state index in [-0.39, 0.29) is 0 Å². The van der Waals surface area contributed by atoms with Crippen molar-refractivity contribution in [1.29, 1.82) is 0 Å². The summed E-state index contributed by atoms with van der Waals surface area (Å²) in [6.45, 7) is 7.61. The summed E-state index contributed by atoms with van der Waals surface area (Å²) in [6.07, 6.45) is 5.51. The van der Waals surface area contributed by atoms with E-state index in [1.54, 1.807) is 7.11 Å². The van der Waals surface area contributed by atoms with Crippen molar-refractivity contribution in [3.05, 3.63) is 0 Å². The molecule has 1 saturated carbocycles. The van der Waals surface area contributed by atoms with Gasteiger partial charge in [0.1, 0.15) is 0 Å². The van der Waals surface area contributed by atoms with Crippen molar-refractivity contribution in [3.63, 3.8) is 0 Å². The van der Waals surface area contributed by atoms with Gasteiger partial charge in [0.15, 0.2) is 0 Å². The van der Waals surface area contributed by atoms with Crippen molar-refractivity contribution in [2.75, 3.05) is 33.9 Å². The topological polar surface area (TPSA) is 24.5 Å². The number of nitrogens with one attached hydrogen (secondary N) is 1. The third kappa shape index (κ3) is 5.84. The van der Waals surface area contributed by atoms with E-state index < -0.39 is 0 Å². The molecule has 0 spiro atoms. The molecular formula is C14H30N2O. The molecule has 0 radical (unpaired) electrons. The fourth-order valence-electron chi connectivity index (χ4n) is 2.50. The van der Waals surface area contributed by atoms with Gasteiger partial charge in [0.05, 0.1) is 6.61 Å². The summed E-state index contributed by atoms with van der Waals surface area (Å²) < 4.78 is 5.17. The van der Waals surface area contributed by atoms with Gasteiger partial charge in [0.25, 0.3) is 0 Å². The first-order valence-corrected chi connectivity index (χ1v) is 7.06. The van der Waals surface area contributed by atoms with E-state index in [0.717, 1.165) is 31.7 Å². The minimum absolute atomic E-state index is 0.508. The number of nitrogens with zero attached hydrogens (tertiary/aromatic N) is 1. The van der Waals surface area contributed by atoms with E-state index in [9.17, 15) is 0 Å². The Labute approximate surface area is 107 Å². The number of ether oxygens (including phenoxy) is 1. The average Bonchev–Trinajstić information content (AvgIpc) is 2.32. The van der Waals surface area contributed by atoms with Crippen LogP contribution in [0.4, 0.5) is 0 Å². The summed E-state index contributed by atoms with van der Waals surface area (Å²) in [5.74, 6) is 0.942. The van der Waals surface area contributed by atoms with E-state index in [4.69, 9.17) is 4.74 Å². The van der Waals surface area contributed by atoms with Crippen LogP contribution in [0.5, 0.6) is 0 Å². The van der Waals surface area contributed by atoms with E-state index in [1.165, 1.54) is 25.7 Å². The lowest BCUT2D eigenvalue weighted by molar-refractivity contribution is 0.115. The van der Waals surface area contributed by atoms with Gasteiger partial charge in [0.2, 0.25) is 0 Å². The second-order valence-corrected chi connectivity index (χ2v) is 5.70. The molecule has 0 bridgehead atoms. The second-order valence-electron chi connectivity index (χ2n) is 5.70. The van der Waals surface area contributed by atoms with Crippen molar-refractivity contribution in [1.82, 2.24) is 10.2 Å². The van der Waals surface area contributed by atoms with Crippen LogP contribution in [-0.2, 0) is 4.74 Å². The summed E-state index contributed by atoms with van der Waals surface area (Å²) >= 11 is 0. The zero-order chi connectivity index (χ0) is 12.7. The molecule has 1 aliphatic carbocycles. The predicted molar refractivity (Wildman–Crippen MR) is 73.4 cm³/mol. The Morgan fingerprint density at radius 1 is 1.29 bits per heavy atom. The minimum Gasteiger partial charge on any atom is -0.383 e. The molecule has 0 aromatic carbocycles. The van der Waals surface area contributed by atoms with Crippen LogP contribution in [0.1, 0.15) is 39.5 Å². The molecule has 0 aromatic rings. The largest absolute Gasteiger partial charge is 0.383 e. The van der Waals surface area contributed by atoms with Crippen LogP contribution in [0.15, 0.2) is 0 Å². The van der Waals surface area contributed by atoms with E-state index in [1.807, 2.05) is 0 Å². The number of methoxy groups -OCH3 is 1. The summed E-state index contributed by atoms with van der Waals surface area (Å²) in [6, 6.07) is 1.27. The molecule has 3 nitrogen and oxygen atoms in total. The van der Waals surface area contributed by atoms with Crippen molar-refractivity contribution >= 4 is 0 Å². The van der Waals surface area contributed by atoms with Crippen LogP contribution in [0, 0.1) is 5.92 Å². The number of hydrogen-bond donors (Lipinski definition) is 1. The number of likely N-dealkylation sites (N-methyl/N-ethyl adjacent to an activating group) is 1. The van der Waals surface area contributed by atoms with Crippen molar-refractivity contribution in [2.24, 2.45) is 5.92 Å². The maximum absolute atomic E-state index is 5.17. The SMILES string of the molecule is COCC(C)N(C)CCNC1CCC(C)CC1. The number of hydrogen-bond acceptors (Lipinski definition) is 3. The molecule has 1 aliphatic rings. The van der Waals surface area contributed by atoms with E-state index in [0.29, 0.717) is 6.04 Å². The Balaban J connectivity index is 2.06. The molecule has 1 rings (SSSR count). The highest BCUT2D eigenvalue weighted by molar-refractivity contribution is 4.75. The summed E-state index contributed by atoms with van der Waals surface area (Å²) in [5, 5.41) is 3.69. The fraction of sp³-hybridized carbons (Fsp3) is 1.00. The molecular weight excluding hydrogens is 212 g/mol. The number of rotatable bonds is 7. The van der Waals surface area contributed by atoms with E-state index in [2.05, 4.69) is 31.1 Å². The molecule has 0 saturated heterocycles. The average molecular weight is 242 g/mol. The molecule has 0 aliphatic heterocycles. The fourth-order valence-corrected chi connectivity index (χ4v) is 2.50. The Bertz CT molecular complexity index is 189. The van der Waals surface area contributed by atoms with Crippen molar-refractivity contribution < 1.29 is 4.74 Å². The first-order valence-electron chi connectivity index (χ1n) is 7.06. The maximum atomic E-state index is 5.17. The van der Waals surface area contributed by atoms with Crippen molar-refractivity contribution in [2.45, 2.75) is 51.6 Å². The smallest absolute Gasteiger partial charge is 0.0615 e. The van der Waals surface area contributed by atoms with Crippen LogP contribution in [0.25, 0.3) is 0 Å².